The van der Waals surface area contributed by atoms with Crippen molar-refractivity contribution in [1.82, 2.24) is 20.1 Å². The van der Waals surface area contributed by atoms with Crippen LogP contribution >= 0.6 is 0 Å². The highest BCUT2D eigenvalue weighted by Gasteiger charge is 2.53. The van der Waals surface area contributed by atoms with Gasteiger partial charge in [-0.1, -0.05) is 0 Å². The Hall–Kier alpha value is -1.67. The van der Waals surface area contributed by atoms with Crippen LogP contribution in [0.15, 0.2) is 4.79 Å². The molecule has 3 fully saturated rings. The summed E-state index contributed by atoms with van der Waals surface area (Å²) in [5, 5.41) is 6.03. The van der Waals surface area contributed by atoms with E-state index in [0.29, 0.717) is 6.54 Å². The fraction of sp³-hybridized carbons (Fsp3) is 0.812. The maximum Gasteiger partial charge on any atom is 0.341 e. The molecule has 0 radical (unpaired) electrons. The molecule has 1 aromatic rings. The van der Waals surface area contributed by atoms with Gasteiger partial charge < -0.3 is 14.4 Å². The second-order valence-electron chi connectivity index (χ2n) is 7.23. The van der Waals surface area contributed by atoms with Crippen molar-refractivity contribution in [2.75, 3.05) is 20.3 Å². The van der Waals surface area contributed by atoms with Crippen molar-refractivity contribution >= 4 is 5.91 Å². The van der Waals surface area contributed by atoms with Gasteiger partial charge in [0.25, 0.3) is 5.91 Å². The number of fused-ring (bicyclic) bond motifs is 1. The van der Waals surface area contributed by atoms with E-state index in [2.05, 4.69) is 15.2 Å². The van der Waals surface area contributed by atoms with E-state index < -0.39 is 5.69 Å². The number of hydrogen-bond acceptors (Lipinski definition) is 5. The maximum atomic E-state index is 12.7. The van der Waals surface area contributed by atoms with Crippen molar-refractivity contribution in [2.24, 2.45) is 5.92 Å². The van der Waals surface area contributed by atoms with Crippen molar-refractivity contribution < 1.29 is 14.3 Å². The molecule has 0 unspecified atom stereocenters. The first kappa shape index (κ1) is 15.8. The average Bonchev–Trinajstić information content (AvgIpc) is 3.20. The molecule has 2 saturated carbocycles. The van der Waals surface area contributed by atoms with Crippen LogP contribution in [0.4, 0.5) is 0 Å². The topological polar surface area (TPSA) is 100 Å². The molecule has 2 aliphatic carbocycles. The predicted molar refractivity (Wildman–Crippen MR) is 84.7 cm³/mol. The summed E-state index contributed by atoms with van der Waals surface area (Å²) < 4.78 is 11.9. The molecule has 0 aromatic carbocycles. The minimum atomic E-state index is -0.468. The molecule has 2 heterocycles. The van der Waals surface area contributed by atoms with Gasteiger partial charge in [-0.2, -0.15) is 0 Å². The number of nitrogens with zero attached hydrogens (tertiary/aromatic N) is 2. The van der Waals surface area contributed by atoms with Gasteiger partial charge in [0.1, 0.15) is 0 Å². The highest BCUT2D eigenvalue weighted by Crippen LogP contribution is 2.44. The second-order valence-corrected chi connectivity index (χ2v) is 7.23. The molecule has 1 amide bonds. The second kappa shape index (κ2) is 6.00. The Morgan fingerprint density at radius 2 is 2.21 bits per heavy atom. The SMILES string of the molecule is CO[C@@]12CC[C@H](OCC3CC3)C[C@@H]1N(C(=O)c1n[nH]c(=O)[nH]1)CC2. The minimum absolute atomic E-state index is 0.0341. The third-order valence-electron chi connectivity index (χ3n) is 5.77. The van der Waals surface area contributed by atoms with Crippen LogP contribution in [0.1, 0.15) is 49.1 Å². The fourth-order valence-corrected chi connectivity index (χ4v) is 4.12. The van der Waals surface area contributed by atoms with E-state index in [9.17, 15) is 9.59 Å². The predicted octanol–water partition coefficient (Wildman–Crippen LogP) is 0.677. The number of H-pyrrole nitrogens is 2. The highest BCUT2D eigenvalue weighted by molar-refractivity contribution is 5.91. The Morgan fingerprint density at radius 1 is 1.38 bits per heavy atom. The molecule has 0 spiro atoms. The van der Waals surface area contributed by atoms with E-state index >= 15 is 0 Å². The van der Waals surface area contributed by atoms with Gasteiger partial charge in [0.05, 0.1) is 17.7 Å². The summed E-state index contributed by atoms with van der Waals surface area (Å²) in [6.45, 7) is 1.44. The van der Waals surface area contributed by atoms with Crippen LogP contribution in [0.25, 0.3) is 0 Å². The van der Waals surface area contributed by atoms with Crippen molar-refractivity contribution in [1.29, 1.82) is 0 Å². The molecule has 1 saturated heterocycles. The third kappa shape index (κ3) is 2.77. The number of aromatic amines is 2. The van der Waals surface area contributed by atoms with Crippen LogP contribution < -0.4 is 5.69 Å². The number of likely N-dealkylation sites (tertiary alicyclic amines) is 1. The number of ether oxygens (including phenoxy) is 2. The van der Waals surface area contributed by atoms with Gasteiger partial charge in [-0.25, -0.2) is 9.89 Å². The smallest absolute Gasteiger partial charge is 0.341 e. The van der Waals surface area contributed by atoms with Crippen LogP contribution in [0.5, 0.6) is 0 Å². The zero-order valence-electron chi connectivity index (χ0n) is 13.9. The summed E-state index contributed by atoms with van der Waals surface area (Å²) in [5.41, 5.74) is -0.768. The van der Waals surface area contributed by atoms with E-state index in [4.69, 9.17) is 9.47 Å². The number of aromatic nitrogens is 3. The van der Waals surface area contributed by atoms with Gasteiger partial charge in [0.15, 0.2) is 0 Å². The lowest BCUT2D eigenvalue weighted by Gasteiger charge is -2.43. The van der Waals surface area contributed by atoms with Gasteiger partial charge in [0, 0.05) is 20.3 Å². The monoisotopic (exact) mass is 336 g/mol. The number of amides is 1. The van der Waals surface area contributed by atoms with E-state index in [1.54, 1.807) is 12.0 Å². The Morgan fingerprint density at radius 3 is 2.88 bits per heavy atom. The number of hydrogen-bond donors (Lipinski definition) is 2. The zero-order chi connectivity index (χ0) is 16.7. The first-order valence-corrected chi connectivity index (χ1v) is 8.74. The van der Waals surface area contributed by atoms with Crippen molar-refractivity contribution in [3.63, 3.8) is 0 Å². The molecule has 3 atom stereocenters. The lowest BCUT2D eigenvalue weighted by molar-refractivity contribution is -0.0978. The van der Waals surface area contributed by atoms with Gasteiger partial charge in [-0.3, -0.25) is 9.78 Å². The molecule has 3 aliphatic rings. The van der Waals surface area contributed by atoms with E-state index in [0.717, 1.165) is 38.2 Å². The molecule has 24 heavy (non-hydrogen) atoms. The molecule has 132 valence electrons. The van der Waals surface area contributed by atoms with Gasteiger partial charge in [-0.05, 0) is 44.4 Å². The molecule has 1 aliphatic heterocycles. The van der Waals surface area contributed by atoms with Crippen LogP contribution in [0, 0.1) is 5.92 Å². The summed E-state index contributed by atoms with van der Waals surface area (Å²) in [6, 6.07) is -0.0341. The molecule has 8 heteroatoms. The van der Waals surface area contributed by atoms with Crippen LogP contribution in [-0.2, 0) is 9.47 Å². The van der Waals surface area contributed by atoms with Gasteiger partial charge >= 0.3 is 5.69 Å². The summed E-state index contributed by atoms with van der Waals surface area (Å²) >= 11 is 0. The Kier molecular flexibility index (Phi) is 3.96. The number of rotatable bonds is 5. The normalized spacial score (nSPS) is 32.8. The average molecular weight is 336 g/mol. The van der Waals surface area contributed by atoms with E-state index in [1.807, 2.05) is 0 Å². The van der Waals surface area contributed by atoms with Crippen molar-refractivity contribution in [2.45, 2.75) is 56.3 Å². The quantitative estimate of drug-likeness (QED) is 0.823. The fourth-order valence-electron chi connectivity index (χ4n) is 4.12. The molecule has 2 N–H and O–H groups in total. The van der Waals surface area contributed by atoms with Crippen LogP contribution in [-0.4, -0.2) is 64.0 Å². The van der Waals surface area contributed by atoms with Gasteiger partial charge in [0.2, 0.25) is 5.82 Å². The molecule has 0 bridgehead atoms. The number of carbonyl (C=O) groups is 1. The highest BCUT2D eigenvalue weighted by atomic mass is 16.5. The van der Waals surface area contributed by atoms with Gasteiger partial charge in [-0.15, -0.1) is 5.10 Å². The first-order valence-electron chi connectivity index (χ1n) is 8.74. The molecule has 1 aromatic heterocycles. The van der Waals surface area contributed by atoms with E-state index in [1.165, 1.54) is 12.8 Å². The van der Waals surface area contributed by atoms with Crippen LogP contribution in [0.3, 0.4) is 0 Å². The maximum absolute atomic E-state index is 12.7. The molecular weight excluding hydrogens is 312 g/mol. The Balaban J connectivity index is 1.50. The first-order chi connectivity index (χ1) is 11.6. The van der Waals surface area contributed by atoms with Crippen LogP contribution in [0.2, 0.25) is 0 Å². The molecular formula is C16H24N4O4. The summed E-state index contributed by atoms with van der Waals surface area (Å²) in [6.07, 6.45) is 6.17. The summed E-state index contributed by atoms with van der Waals surface area (Å²) in [7, 11) is 1.72. The van der Waals surface area contributed by atoms with E-state index in [-0.39, 0.29) is 29.5 Å². The lowest BCUT2D eigenvalue weighted by atomic mass is 9.79. The van der Waals surface area contributed by atoms with Crippen molar-refractivity contribution in [3.8, 4) is 0 Å². The Labute approximate surface area is 139 Å². The molecule has 8 nitrogen and oxygen atoms in total. The largest absolute Gasteiger partial charge is 0.378 e. The third-order valence-corrected chi connectivity index (χ3v) is 5.77. The molecule has 4 rings (SSSR count). The zero-order valence-corrected chi connectivity index (χ0v) is 13.9. The summed E-state index contributed by atoms with van der Waals surface area (Å²) in [4.78, 5) is 28.2. The number of methoxy groups -OCH3 is 1. The lowest BCUT2D eigenvalue weighted by Crippen LogP contribution is -2.53. The summed E-state index contributed by atoms with van der Waals surface area (Å²) in [5.74, 6) is 0.544. The number of carbonyl (C=O) groups excluding carboxylic acids is 1. The van der Waals surface area contributed by atoms with Crippen molar-refractivity contribution in [3.05, 3.63) is 16.3 Å². The minimum Gasteiger partial charge on any atom is -0.378 e. The Bertz CT molecular complexity index is 667. The standard InChI is InChI=1S/C16H24N4O4/c1-23-16-5-4-11(24-9-10-2-3-10)8-12(16)20(7-6-16)14(21)13-17-15(22)19-18-13/h10-12H,2-9H2,1H3,(H2,17,18,19,22)/t11-,12-,16+/m0/s1. The number of nitrogens with one attached hydrogen (secondary N) is 2.